The molecule has 1 nitrogen and oxygen atoms in total. The van der Waals surface area contributed by atoms with Crippen molar-refractivity contribution in [1.82, 2.24) is 0 Å². The van der Waals surface area contributed by atoms with Gasteiger partial charge in [-0.1, -0.05) is 25.0 Å². The minimum absolute atomic E-state index is 0.302. The summed E-state index contributed by atoms with van der Waals surface area (Å²) in [7, 11) is 0. The summed E-state index contributed by atoms with van der Waals surface area (Å²) in [6.45, 7) is 1.56. The van der Waals surface area contributed by atoms with Crippen molar-refractivity contribution in [3.05, 3.63) is 34.9 Å². The lowest BCUT2D eigenvalue weighted by molar-refractivity contribution is 0.414. The minimum Gasteiger partial charge on any atom is -0.324 e. The van der Waals surface area contributed by atoms with Crippen LogP contribution in [0.25, 0.3) is 0 Å². The summed E-state index contributed by atoms with van der Waals surface area (Å²) in [5.41, 5.74) is 6.68. The van der Waals surface area contributed by atoms with E-state index in [1.807, 2.05) is 0 Å². The zero-order chi connectivity index (χ0) is 11.7. The van der Waals surface area contributed by atoms with Crippen LogP contribution in [0.2, 0.25) is 0 Å². The van der Waals surface area contributed by atoms with Gasteiger partial charge in [-0.3, -0.25) is 0 Å². The first-order valence-electron chi connectivity index (χ1n) is 5.81. The van der Waals surface area contributed by atoms with Crippen molar-refractivity contribution in [3.63, 3.8) is 0 Å². The van der Waals surface area contributed by atoms with Crippen LogP contribution in [0.1, 0.15) is 42.9 Å². The Morgan fingerprint density at radius 1 is 1.19 bits per heavy atom. The molecule has 0 spiro atoms. The normalized spacial score (nSPS) is 19.0. The predicted molar refractivity (Wildman–Crippen MR) is 60.0 cm³/mol. The zero-order valence-corrected chi connectivity index (χ0v) is 9.47. The Morgan fingerprint density at radius 3 is 2.44 bits per heavy atom. The van der Waals surface area contributed by atoms with Gasteiger partial charge in [0.1, 0.15) is 0 Å². The third-order valence-electron chi connectivity index (χ3n) is 3.57. The number of halogens is 2. The summed E-state index contributed by atoms with van der Waals surface area (Å²) in [5.74, 6) is -1.22. The number of aryl methyl sites for hydroxylation is 1. The van der Waals surface area contributed by atoms with E-state index in [2.05, 4.69) is 0 Å². The summed E-state index contributed by atoms with van der Waals surface area (Å²) in [4.78, 5) is 0. The van der Waals surface area contributed by atoms with Gasteiger partial charge in [0, 0.05) is 11.6 Å². The maximum absolute atomic E-state index is 13.7. The molecule has 16 heavy (non-hydrogen) atoms. The molecule has 1 unspecified atom stereocenters. The van der Waals surface area contributed by atoms with E-state index in [4.69, 9.17) is 5.73 Å². The third kappa shape index (κ3) is 1.96. The number of nitrogens with two attached hydrogens (primary N) is 1. The first-order chi connectivity index (χ1) is 7.61. The Labute approximate surface area is 94.7 Å². The molecule has 2 rings (SSSR count). The lowest BCUT2D eigenvalue weighted by atomic mass is 9.91. The first kappa shape index (κ1) is 11.5. The van der Waals surface area contributed by atoms with Crippen molar-refractivity contribution in [2.24, 2.45) is 11.7 Å². The molecule has 0 aliphatic heterocycles. The molecule has 1 atom stereocenters. The summed E-state index contributed by atoms with van der Waals surface area (Å²) in [6, 6.07) is 2.86. The Hall–Kier alpha value is -0.960. The van der Waals surface area contributed by atoms with E-state index >= 15 is 0 Å². The van der Waals surface area contributed by atoms with Gasteiger partial charge in [0.15, 0.2) is 11.6 Å². The molecule has 1 saturated carbocycles. The molecule has 0 radical (unpaired) electrons. The van der Waals surface area contributed by atoms with Gasteiger partial charge in [-0.2, -0.15) is 0 Å². The minimum atomic E-state index is -0.764. The Kier molecular flexibility index (Phi) is 3.24. The monoisotopic (exact) mass is 225 g/mol. The summed E-state index contributed by atoms with van der Waals surface area (Å²) in [5, 5.41) is 0. The highest BCUT2D eigenvalue weighted by Gasteiger charge is 2.26. The van der Waals surface area contributed by atoms with Crippen molar-refractivity contribution in [3.8, 4) is 0 Å². The van der Waals surface area contributed by atoms with Gasteiger partial charge in [-0.15, -0.1) is 0 Å². The number of rotatable bonds is 2. The van der Waals surface area contributed by atoms with Crippen LogP contribution in [0.3, 0.4) is 0 Å². The fourth-order valence-corrected chi connectivity index (χ4v) is 2.49. The van der Waals surface area contributed by atoms with E-state index in [-0.39, 0.29) is 6.04 Å². The number of hydrogen-bond donors (Lipinski definition) is 1. The molecule has 0 heterocycles. The maximum Gasteiger partial charge on any atom is 0.163 e. The summed E-state index contributed by atoms with van der Waals surface area (Å²) < 4.78 is 27.1. The third-order valence-corrected chi connectivity index (χ3v) is 3.57. The van der Waals surface area contributed by atoms with Crippen molar-refractivity contribution >= 4 is 0 Å². The maximum atomic E-state index is 13.7. The largest absolute Gasteiger partial charge is 0.324 e. The molecule has 0 amide bonds. The summed E-state index contributed by atoms with van der Waals surface area (Å²) >= 11 is 0. The average molecular weight is 225 g/mol. The van der Waals surface area contributed by atoms with Gasteiger partial charge in [0.2, 0.25) is 0 Å². The summed E-state index contributed by atoms with van der Waals surface area (Å²) in [6.07, 6.45) is 4.34. The highest BCUT2D eigenvalue weighted by atomic mass is 19.2. The predicted octanol–water partition coefficient (Wildman–Crippen LogP) is 3.46. The number of hydrogen-bond acceptors (Lipinski definition) is 1. The van der Waals surface area contributed by atoms with Gasteiger partial charge in [0.25, 0.3) is 0 Å². The SMILES string of the molecule is Cc1ccc(C(N)C2CCCC2)c(F)c1F. The Morgan fingerprint density at radius 2 is 1.81 bits per heavy atom. The van der Waals surface area contributed by atoms with Gasteiger partial charge in [-0.05, 0) is 31.2 Å². The standard InChI is InChI=1S/C13H17F2N/c1-8-6-7-10(12(15)11(8)14)13(16)9-4-2-3-5-9/h6-7,9,13H,2-5,16H2,1H3. The molecule has 0 bridgehead atoms. The van der Waals surface area contributed by atoms with Gasteiger partial charge < -0.3 is 5.73 Å². The zero-order valence-electron chi connectivity index (χ0n) is 9.47. The average Bonchev–Trinajstić information content (AvgIpc) is 2.79. The molecular weight excluding hydrogens is 208 g/mol. The van der Waals surface area contributed by atoms with Crippen LogP contribution in [0.15, 0.2) is 12.1 Å². The topological polar surface area (TPSA) is 26.0 Å². The van der Waals surface area contributed by atoms with E-state index in [0.717, 1.165) is 25.7 Å². The van der Waals surface area contributed by atoms with Crippen LogP contribution in [-0.2, 0) is 0 Å². The first-order valence-corrected chi connectivity index (χ1v) is 5.81. The molecule has 1 fully saturated rings. The smallest absolute Gasteiger partial charge is 0.163 e. The molecule has 2 N–H and O–H groups in total. The van der Waals surface area contributed by atoms with Crippen molar-refractivity contribution in [2.45, 2.75) is 38.6 Å². The van der Waals surface area contributed by atoms with Crippen LogP contribution >= 0.6 is 0 Å². The van der Waals surface area contributed by atoms with Crippen LogP contribution in [-0.4, -0.2) is 0 Å². The molecule has 1 aromatic rings. The van der Waals surface area contributed by atoms with E-state index in [0.29, 0.717) is 17.0 Å². The Bertz CT molecular complexity index is 384. The van der Waals surface area contributed by atoms with E-state index in [1.165, 1.54) is 0 Å². The molecule has 88 valence electrons. The molecule has 3 heteroatoms. The molecule has 1 aliphatic rings. The highest BCUT2D eigenvalue weighted by Crippen LogP contribution is 2.35. The lowest BCUT2D eigenvalue weighted by Gasteiger charge is -2.20. The van der Waals surface area contributed by atoms with Crippen molar-refractivity contribution < 1.29 is 8.78 Å². The van der Waals surface area contributed by atoms with Crippen LogP contribution in [0.4, 0.5) is 8.78 Å². The second-order valence-corrected chi connectivity index (χ2v) is 4.67. The molecular formula is C13H17F2N. The molecule has 1 aliphatic carbocycles. The number of benzene rings is 1. The molecule has 1 aromatic carbocycles. The second-order valence-electron chi connectivity index (χ2n) is 4.67. The van der Waals surface area contributed by atoms with E-state index in [1.54, 1.807) is 19.1 Å². The van der Waals surface area contributed by atoms with E-state index < -0.39 is 11.6 Å². The van der Waals surface area contributed by atoms with Gasteiger partial charge >= 0.3 is 0 Å². The van der Waals surface area contributed by atoms with Crippen molar-refractivity contribution in [1.29, 1.82) is 0 Å². The quantitative estimate of drug-likeness (QED) is 0.819. The van der Waals surface area contributed by atoms with Crippen LogP contribution in [0, 0.1) is 24.5 Å². The molecule has 0 saturated heterocycles. The van der Waals surface area contributed by atoms with Gasteiger partial charge in [-0.25, -0.2) is 8.78 Å². The van der Waals surface area contributed by atoms with Crippen LogP contribution in [0.5, 0.6) is 0 Å². The fourth-order valence-electron chi connectivity index (χ4n) is 2.49. The lowest BCUT2D eigenvalue weighted by Crippen LogP contribution is -2.21. The van der Waals surface area contributed by atoms with E-state index in [9.17, 15) is 8.78 Å². The Balaban J connectivity index is 2.29. The fraction of sp³-hybridized carbons (Fsp3) is 0.538. The van der Waals surface area contributed by atoms with Gasteiger partial charge in [0.05, 0.1) is 0 Å². The second kappa shape index (κ2) is 4.50. The molecule has 0 aromatic heterocycles. The highest BCUT2D eigenvalue weighted by molar-refractivity contribution is 5.28. The van der Waals surface area contributed by atoms with Crippen LogP contribution < -0.4 is 5.73 Å². The van der Waals surface area contributed by atoms with Crippen molar-refractivity contribution in [2.75, 3.05) is 0 Å².